The lowest BCUT2D eigenvalue weighted by Crippen LogP contribution is -2.33. The summed E-state index contributed by atoms with van der Waals surface area (Å²) in [6.07, 6.45) is 1.68. The van der Waals surface area contributed by atoms with Crippen molar-refractivity contribution in [2.45, 2.75) is 84.7 Å². The first kappa shape index (κ1) is 29.8. The topological polar surface area (TPSA) is 87.7 Å². The fourth-order valence-electron chi connectivity index (χ4n) is 4.20. The number of ether oxygens (including phenoxy) is 1. The van der Waals surface area contributed by atoms with Crippen LogP contribution in [0.15, 0.2) is 66.7 Å². The highest BCUT2D eigenvalue weighted by molar-refractivity contribution is 6.06. The van der Waals surface area contributed by atoms with Crippen LogP contribution in [0.5, 0.6) is 11.5 Å². The minimum Gasteiger partial charge on any atom is -0.506 e. The molecule has 0 spiro atoms. The van der Waals surface area contributed by atoms with Crippen LogP contribution in [0.4, 0.5) is 11.4 Å². The maximum Gasteiger partial charge on any atom is 0.265 e. The smallest absolute Gasteiger partial charge is 0.265 e. The number of aromatic hydroxyl groups is 1. The summed E-state index contributed by atoms with van der Waals surface area (Å²) in [7, 11) is 0. The van der Waals surface area contributed by atoms with Crippen molar-refractivity contribution in [2.24, 2.45) is 0 Å². The monoisotopic (exact) mass is 530 g/mol. The zero-order valence-electron chi connectivity index (χ0n) is 24.2. The normalized spacial score (nSPS) is 12.5. The Morgan fingerprint density at radius 3 is 2.18 bits per heavy atom. The number of rotatable bonds is 11. The summed E-state index contributed by atoms with van der Waals surface area (Å²) in [6.45, 7) is 15.0. The van der Waals surface area contributed by atoms with E-state index in [1.807, 2.05) is 6.92 Å². The molecule has 3 aromatic rings. The van der Waals surface area contributed by atoms with Crippen molar-refractivity contribution >= 4 is 23.2 Å². The highest BCUT2D eigenvalue weighted by Crippen LogP contribution is 2.39. The molecule has 0 bridgehead atoms. The maximum atomic E-state index is 13.4. The first-order chi connectivity index (χ1) is 18.4. The van der Waals surface area contributed by atoms with Crippen LogP contribution in [0, 0.1) is 0 Å². The third-order valence-electron chi connectivity index (χ3n) is 7.74. The Balaban J connectivity index is 1.83. The summed E-state index contributed by atoms with van der Waals surface area (Å²) in [5.74, 6) is 0.0442. The van der Waals surface area contributed by atoms with E-state index >= 15 is 0 Å². The molecule has 0 radical (unpaired) electrons. The lowest BCUT2D eigenvalue weighted by Gasteiger charge is -2.31. The summed E-state index contributed by atoms with van der Waals surface area (Å²) >= 11 is 0. The lowest BCUT2D eigenvalue weighted by atomic mass is 9.77. The SMILES string of the molecule is CCC(Oc1cc(C(C)(C)CC)ccc1C(C)(C)CC)C(=O)Nc1cccc(C(=O)Nc2ccccc2O)c1. The van der Waals surface area contributed by atoms with E-state index in [9.17, 15) is 14.7 Å². The highest BCUT2D eigenvalue weighted by atomic mass is 16.5. The number of amides is 2. The number of phenols is 1. The Hall–Kier alpha value is -3.80. The Bertz CT molecular complexity index is 1310. The van der Waals surface area contributed by atoms with E-state index in [0.717, 1.165) is 24.2 Å². The number of para-hydroxylation sites is 2. The fraction of sp³-hybridized carbons (Fsp3) is 0.394. The Kier molecular flexibility index (Phi) is 9.44. The van der Waals surface area contributed by atoms with Crippen molar-refractivity contribution in [2.75, 3.05) is 10.6 Å². The minimum atomic E-state index is -0.713. The van der Waals surface area contributed by atoms with E-state index in [4.69, 9.17) is 4.74 Å². The zero-order valence-corrected chi connectivity index (χ0v) is 24.2. The number of phenolic OH excluding ortho intramolecular Hbond substituents is 1. The molecule has 1 unspecified atom stereocenters. The lowest BCUT2D eigenvalue weighted by molar-refractivity contribution is -0.122. The number of hydrogen-bond donors (Lipinski definition) is 3. The van der Waals surface area contributed by atoms with Gasteiger partial charge in [-0.15, -0.1) is 0 Å². The predicted octanol–water partition coefficient (Wildman–Crippen LogP) is 7.82. The van der Waals surface area contributed by atoms with Crippen molar-refractivity contribution in [1.29, 1.82) is 0 Å². The second-order valence-corrected chi connectivity index (χ2v) is 11.2. The van der Waals surface area contributed by atoms with Gasteiger partial charge in [-0.05, 0) is 77.6 Å². The molecule has 1 atom stereocenters. The largest absolute Gasteiger partial charge is 0.506 e. The van der Waals surface area contributed by atoms with Gasteiger partial charge in [-0.3, -0.25) is 9.59 Å². The van der Waals surface area contributed by atoms with Crippen molar-refractivity contribution in [1.82, 2.24) is 0 Å². The van der Waals surface area contributed by atoms with Gasteiger partial charge in [0.2, 0.25) is 0 Å². The Morgan fingerprint density at radius 1 is 0.846 bits per heavy atom. The van der Waals surface area contributed by atoms with Gasteiger partial charge in [0.05, 0.1) is 5.69 Å². The maximum absolute atomic E-state index is 13.4. The molecule has 208 valence electrons. The van der Waals surface area contributed by atoms with Crippen molar-refractivity contribution < 1.29 is 19.4 Å². The molecule has 0 aliphatic heterocycles. The summed E-state index contributed by atoms with van der Waals surface area (Å²) < 4.78 is 6.45. The van der Waals surface area contributed by atoms with Crippen LogP contribution in [0.25, 0.3) is 0 Å². The highest BCUT2D eigenvalue weighted by Gasteiger charge is 2.28. The van der Waals surface area contributed by atoms with Gasteiger partial charge in [0, 0.05) is 11.3 Å². The fourth-order valence-corrected chi connectivity index (χ4v) is 4.20. The molecule has 0 aromatic heterocycles. The van der Waals surface area contributed by atoms with Gasteiger partial charge in [0.15, 0.2) is 6.10 Å². The quantitative estimate of drug-likeness (QED) is 0.221. The molecule has 2 amide bonds. The molecule has 0 aliphatic rings. The molecule has 3 rings (SSSR count). The summed E-state index contributed by atoms with van der Waals surface area (Å²) in [4.78, 5) is 26.1. The van der Waals surface area contributed by atoms with E-state index < -0.39 is 12.0 Å². The van der Waals surface area contributed by atoms with Gasteiger partial charge >= 0.3 is 0 Å². The first-order valence-corrected chi connectivity index (χ1v) is 13.7. The van der Waals surface area contributed by atoms with E-state index in [-0.39, 0.29) is 22.5 Å². The molecule has 3 N–H and O–H groups in total. The van der Waals surface area contributed by atoms with Crippen LogP contribution in [-0.2, 0) is 15.6 Å². The second-order valence-electron chi connectivity index (χ2n) is 11.2. The molecular formula is C33H42N2O4. The van der Waals surface area contributed by atoms with Gasteiger partial charge in [-0.1, -0.05) is 78.8 Å². The zero-order chi connectivity index (χ0) is 28.8. The van der Waals surface area contributed by atoms with Crippen LogP contribution in [0.2, 0.25) is 0 Å². The molecule has 39 heavy (non-hydrogen) atoms. The van der Waals surface area contributed by atoms with Gasteiger partial charge in [0.25, 0.3) is 11.8 Å². The minimum absolute atomic E-state index is 0.0183. The Labute approximate surface area is 232 Å². The predicted molar refractivity (Wildman–Crippen MR) is 159 cm³/mol. The van der Waals surface area contributed by atoms with Crippen LogP contribution in [-0.4, -0.2) is 23.0 Å². The van der Waals surface area contributed by atoms with Crippen molar-refractivity contribution in [3.63, 3.8) is 0 Å². The first-order valence-electron chi connectivity index (χ1n) is 13.7. The number of carbonyl (C=O) groups is 2. The molecule has 0 aliphatic carbocycles. The van der Waals surface area contributed by atoms with E-state index in [1.165, 1.54) is 11.6 Å². The van der Waals surface area contributed by atoms with Crippen LogP contribution in [0.3, 0.4) is 0 Å². The molecule has 0 heterocycles. The summed E-state index contributed by atoms with van der Waals surface area (Å²) in [5, 5.41) is 15.6. The van der Waals surface area contributed by atoms with Crippen molar-refractivity contribution in [3.8, 4) is 11.5 Å². The third-order valence-corrected chi connectivity index (χ3v) is 7.74. The third kappa shape index (κ3) is 7.20. The molecule has 3 aromatic carbocycles. The average molecular weight is 531 g/mol. The van der Waals surface area contributed by atoms with Crippen molar-refractivity contribution in [3.05, 3.63) is 83.4 Å². The molecule has 0 saturated carbocycles. The summed E-state index contributed by atoms with van der Waals surface area (Å²) in [6, 6.07) is 19.6. The van der Waals surface area contributed by atoms with Gasteiger partial charge in [-0.25, -0.2) is 0 Å². The molecule has 6 heteroatoms. The number of nitrogens with one attached hydrogen (secondary N) is 2. The number of benzene rings is 3. The second kappa shape index (κ2) is 12.4. The number of anilines is 2. The Morgan fingerprint density at radius 2 is 1.54 bits per heavy atom. The standard InChI is InChI=1S/C33H42N2O4/c1-8-28(39-29-21-23(32(4,5)9-2)18-19-25(29)33(6,7)10-3)31(38)34-24-15-13-14-22(20-24)30(37)35-26-16-11-12-17-27(26)36/h11-21,28,36H,8-10H2,1-7H3,(H,34,38)(H,35,37). The van der Waals surface area contributed by atoms with E-state index in [0.29, 0.717) is 23.4 Å². The van der Waals surface area contributed by atoms with Crippen LogP contribution < -0.4 is 15.4 Å². The van der Waals surface area contributed by atoms with Gasteiger partial charge in [0.1, 0.15) is 11.5 Å². The molecule has 0 fully saturated rings. The van der Waals surface area contributed by atoms with Crippen LogP contribution >= 0.6 is 0 Å². The average Bonchev–Trinajstić information content (AvgIpc) is 2.92. The summed E-state index contributed by atoms with van der Waals surface area (Å²) in [5.41, 5.74) is 3.27. The van der Waals surface area contributed by atoms with Crippen LogP contribution in [0.1, 0.15) is 89.2 Å². The van der Waals surface area contributed by atoms with Gasteiger partial charge in [-0.2, -0.15) is 0 Å². The van der Waals surface area contributed by atoms with E-state index in [2.05, 4.69) is 70.4 Å². The van der Waals surface area contributed by atoms with E-state index in [1.54, 1.807) is 42.5 Å². The van der Waals surface area contributed by atoms with Gasteiger partial charge < -0.3 is 20.5 Å². The molecular weight excluding hydrogens is 488 g/mol. The number of carbonyl (C=O) groups excluding carboxylic acids is 2. The molecule has 0 saturated heterocycles. The number of hydrogen-bond acceptors (Lipinski definition) is 4. The molecule has 6 nitrogen and oxygen atoms in total.